The molecule has 0 fully saturated rings. The van der Waals surface area contributed by atoms with Gasteiger partial charge in [0.2, 0.25) is 0 Å². The molecular formula is C13H19ClN2O2. The SMILES string of the molecule is COc1cc(C(N)=NC(C)(C)C)cc(Cl)c1OC. The van der Waals surface area contributed by atoms with Gasteiger partial charge in [0.15, 0.2) is 11.5 Å². The largest absolute Gasteiger partial charge is 0.493 e. The molecule has 5 heteroatoms. The standard InChI is InChI=1S/C13H19ClN2O2/c1-13(2,3)16-12(15)8-6-9(14)11(18-5)10(7-8)17-4/h6-7H,1-5H3,(H2,15,16). The van der Waals surface area contributed by atoms with Gasteiger partial charge in [-0.25, -0.2) is 0 Å². The van der Waals surface area contributed by atoms with Gasteiger partial charge in [0.05, 0.1) is 24.8 Å². The number of benzene rings is 1. The highest BCUT2D eigenvalue weighted by Crippen LogP contribution is 2.36. The van der Waals surface area contributed by atoms with Crippen molar-refractivity contribution in [1.82, 2.24) is 0 Å². The van der Waals surface area contributed by atoms with Gasteiger partial charge in [-0.15, -0.1) is 0 Å². The lowest BCUT2D eigenvalue weighted by molar-refractivity contribution is 0.355. The third-order valence-corrected chi connectivity index (χ3v) is 2.47. The first-order chi connectivity index (χ1) is 8.28. The summed E-state index contributed by atoms with van der Waals surface area (Å²) in [5.41, 5.74) is 6.43. The molecule has 18 heavy (non-hydrogen) atoms. The summed E-state index contributed by atoms with van der Waals surface area (Å²) in [5.74, 6) is 1.45. The molecule has 1 rings (SSSR count). The van der Waals surface area contributed by atoms with Crippen LogP contribution in [0.1, 0.15) is 26.3 Å². The van der Waals surface area contributed by atoms with E-state index in [0.29, 0.717) is 27.9 Å². The van der Waals surface area contributed by atoms with Crippen molar-refractivity contribution in [2.45, 2.75) is 26.3 Å². The summed E-state index contributed by atoms with van der Waals surface area (Å²) >= 11 is 6.11. The molecule has 0 aromatic heterocycles. The van der Waals surface area contributed by atoms with E-state index in [1.54, 1.807) is 19.2 Å². The van der Waals surface area contributed by atoms with Crippen molar-refractivity contribution in [3.63, 3.8) is 0 Å². The lowest BCUT2D eigenvalue weighted by Gasteiger charge is -2.15. The molecule has 4 nitrogen and oxygen atoms in total. The third-order valence-electron chi connectivity index (χ3n) is 2.19. The van der Waals surface area contributed by atoms with Gasteiger partial charge in [-0.1, -0.05) is 11.6 Å². The summed E-state index contributed by atoms with van der Waals surface area (Å²) in [5, 5.41) is 0.443. The number of hydrogen-bond acceptors (Lipinski definition) is 3. The van der Waals surface area contributed by atoms with E-state index in [4.69, 9.17) is 26.8 Å². The number of halogens is 1. The highest BCUT2D eigenvalue weighted by Gasteiger charge is 2.14. The van der Waals surface area contributed by atoms with Crippen LogP contribution < -0.4 is 15.2 Å². The summed E-state index contributed by atoms with van der Waals surface area (Å²) in [6.07, 6.45) is 0. The van der Waals surface area contributed by atoms with Crippen LogP contribution in [0.5, 0.6) is 11.5 Å². The molecule has 0 saturated carbocycles. The molecule has 0 aliphatic carbocycles. The molecule has 0 aliphatic heterocycles. The van der Waals surface area contributed by atoms with Crippen molar-refractivity contribution in [3.05, 3.63) is 22.7 Å². The number of ether oxygens (including phenoxy) is 2. The molecule has 0 bridgehead atoms. The Morgan fingerprint density at radius 2 is 1.83 bits per heavy atom. The molecule has 2 N–H and O–H groups in total. The normalized spacial score (nSPS) is 12.4. The maximum atomic E-state index is 6.11. The molecule has 0 aliphatic rings. The first-order valence-corrected chi connectivity index (χ1v) is 5.93. The Hall–Kier alpha value is -1.42. The molecule has 0 atom stereocenters. The Labute approximate surface area is 113 Å². The van der Waals surface area contributed by atoms with Gasteiger partial charge < -0.3 is 15.2 Å². The molecule has 100 valence electrons. The summed E-state index contributed by atoms with van der Waals surface area (Å²) in [7, 11) is 3.09. The van der Waals surface area contributed by atoms with Crippen molar-refractivity contribution in [2.24, 2.45) is 10.7 Å². The maximum Gasteiger partial charge on any atom is 0.179 e. The molecule has 1 aromatic rings. The quantitative estimate of drug-likeness (QED) is 0.679. The minimum absolute atomic E-state index is 0.246. The highest BCUT2D eigenvalue weighted by molar-refractivity contribution is 6.32. The number of nitrogens with zero attached hydrogens (tertiary/aromatic N) is 1. The zero-order chi connectivity index (χ0) is 13.9. The van der Waals surface area contributed by atoms with Crippen LogP contribution in [0.2, 0.25) is 5.02 Å². The Morgan fingerprint density at radius 3 is 2.28 bits per heavy atom. The maximum absolute atomic E-state index is 6.11. The van der Waals surface area contributed by atoms with E-state index < -0.39 is 0 Å². The number of methoxy groups -OCH3 is 2. The second kappa shape index (κ2) is 5.48. The second-order valence-electron chi connectivity index (χ2n) is 4.86. The topological polar surface area (TPSA) is 56.8 Å². The summed E-state index contributed by atoms with van der Waals surface area (Å²) in [6.45, 7) is 5.92. The van der Waals surface area contributed by atoms with Gasteiger partial charge in [0.25, 0.3) is 0 Å². The monoisotopic (exact) mass is 270 g/mol. The van der Waals surface area contributed by atoms with Crippen LogP contribution in [0.15, 0.2) is 17.1 Å². The van der Waals surface area contributed by atoms with Crippen LogP contribution in [0.3, 0.4) is 0 Å². The molecule has 1 aromatic carbocycles. The highest BCUT2D eigenvalue weighted by atomic mass is 35.5. The fourth-order valence-corrected chi connectivity index (χ4v) is 1.78. The van der Waals surface area contributed by atoms with Crippen LogP contribution in [0.4, 0.5) is 0 Å². The van der Waals surface area contributed by atoms with E-state index in [1.165, 1.54) is 7.11 Å². The lowest BCUT2D eigenvalue weighted by Crippen LogP contribution is -2.21. The van der Waals surface area contributed by atoms with E-state index in [1.807, 2.05) is 20.8 Å². The van der Waals surface area contributed by atoms with E-state index in [9.17, 15) is 0 Å². The van der Waals surface area contributed by atoms with Gasteiger partial charge >= 0.3 is 0 Å². The van der Waals surface area contributed by atoms with Crippen molar-refractivity contribution < 1.29 is 9.47 Å². The molecule has 0 saturated heterocycles. The van der Waals surface area contributed by atoms with E-state index in [2.05, 4.69) is 4.99 Å². The first kappa shape index (κ1) is 14.6. The van der Waals surface area contributed by atoms with Crippen LogP contribution in [-0.2, 0) is 0 Å². The summed E-state index contributed by atoms with van der Waals surface area (Å²) in [6, 6.07) is 3.47. The van der Waals surface area contributed by atoms with E-state index in [0.717, 1.165) is 0 Å². The Balaban J connectivity index is 3.28. The number of rotatable bonds is 3. The zero-order valence-corrected chi connectivity index (χ0v) is 12.1. The van der Waals surface area contributed by atoms with Crippen LogP contribution >= 0.6 is 11.6 Å². The first-order valence-electron chi connectivity index (χ1n) is 5.55. The fourth-order valence-electron chi connectivity index (χ4n) is 1.49. The lowest BCUT2D eigenvalue weighted by atomic mass is 10.1. The molecule has 0 spiro atoms. The fraction of sp³-hybridized carbons (Fsp3) is 0.462. The van der Waals surface area contributed by atoms with Gasteiger partial charge in [0, 0.05) is 5.56 Å². The van der Waals surface area contributed by atoms with Crippen molar-refractivity contribution in [3.8, 4) is 11.5 Å². The minimum Gasteiger partial charge on any atom is -0.493 e. The predicted octanol–water partition coefficient (Wildman–Crippen LogP) is 2.86. The van der Waals surface area contributed by atoms with Crippen molar-refractivity contribution in [2.75, 3.05) is 14.2 Å². The zero-order valence-electron chi connectivity index (χ0n) is 11.4. The number of aliphatic imine (C=N–C) groups is 1. The van der Waals surface area contributed by atoms with Gasteiger partial charge in [-0.3, -0.25) is 4.99 Å². The number of hydrogen-bond donors (Lipinski definition) is 1. The number of nitrogens with two attached hydrogens (primary N) is 1. The summed E-state index contributed by atoms with van der Waals surface area (Å²) in [4.78, 5) is 4.39. The predicted molar refractivity (Wildman–Crippen MR) is 75.0 cm³/mol. The van der Waals surface area contributed by atoms with Gasteiger partial charge in [0.1, 0.15) is 5.84 Å². The van der Waals surface area contributed by atoms with Crippen molar-refractivity contribution in [1.29, 1.82) is 0 Å². The van der Waals surface area contributed by atoms with Gasteiger partial charge in [-0.2, -0.15) is 0 Å². The average Bonchev–Trinajstić information content (AvgIpc) is 2.25. The Morgan fingerprint density at radius 1 is 1.22 bits per heavy atom. The third kappa shape index (κ3) is 3.53. The molecular weight excluding hydrogens is 252 g/mol. The van der Waals surface area contributed by atoms with E-state index >= 15 is 0 Å². The average molecular weight is 271 g/mol. The Bertz CT molecular complexity index is 465. The number of amidine groups is 1. The minimum atomic E-state index is -0.246. The Kier molecular flexibility index (Phi) is 4.46. The van der Waals surface area contributed by atoms with Crippen LogP contribution in [0, 0.1) is 0 Å². The second-order valence-corrected chi connectivity index (χ2v) is 5.27. The molecule has 0 heterocycles. The van der Waals surface area contributed by atoms with Gasteiger partial charge in [-0.05, 0) is 32.9 Å². The van der Waals surface area contributed by atoms with Crippen LogP contribution in [-0.4, -0.2) is 25.6 Å². The molecule has 0 amide bonds. The molecule has 0 unspecified atom stereocenters. The van der Waals surface area contributed by atoms with Crippen LogP contribution in [0.25, 0.3) is 0 Å². The summed E-state index contributed by atoms with van der Waals surface area (Å²) < 4.78 is 10.4. The van der Waals surface area contributed by atoms with E-state index in [-0.39, 0.29) is 5.54 Å². The van der Waals surface area contributed by atoms with Crippen molar-refractivity contribution >= 4 is 17.4 Å². The smallest absolute Gasteiger partial charge is 0.179 e. The molecule has 0 radical (unpaired) electrons.